The molecule has 0 aliphatic rings. The van der Waals surface area contributed by atoms with Gasteiger partial charge in [0.15, 0.2) is 0 Å². The fraction of sp³-hybridized carbons (Fsp3) is 0.500. The van der Waals surface area contributed by atoms with Crippen molar-refractivity contribution in [3.05, 3.63) is 36.4 Å². The van der Waals surface area contributed by atoms with E-state index < -0.39 is 0 Å². The summed E-state index contributed by atoms with van der Waals surface area (Å²) in [6.45, 7) is 6.31. The van der Waals surface area contributed by atoms with Gasteiger partial charge >= 0.3 is 0 Å². The minimum atomic E-state index is -0.143. The molecule has 0 aliphatic carbocycles. The van der Waals surface area contributed by atoms with Gasteiger partial charge in [0.1, 0.15) is 19.0 Å². The lowest BCUT2D eigenvalue weighted by Crippen LogP contribution is -2.28. The van der Waals surface area contributed by atoms with Crippen molar-refractivity contribution in [1.29, 1.82) is 0 Å². The van der Waals surface area contributed by atoms with Crippen LogP contribution in [0.2, 0.25) is 0 Å². The lowest BCUT2D eigenvalue weighted by atomic mass is 10.1. The van der Waals surface area contributed by atoms with Crippen LogP contribution in [0.1, 0.15) is 20.3 Å². The summed E-state index contributed by atoms with van der Waals surface area (Å²) in [6.07, 6.45) is 5.75. The van der Waals surface area contributed by atoms with E-state index in [9.17, 15) is 9.59 Å². The number of hydrogen-bond donors (Lipinski definition) is 2. The largest absolute Gasteiger partial charge is 0.491 e. The molecule has 7 nitrogen and oxygen atoms in total. The van der Waals surface area contributed by atoms with Crippen molar-refractivity contribution in [2.75, 3.05) is 44.9 Å². The first-order valence-corrected chi connectivity index (χ1v) is 9.17. The van der Waals surface area contributed by atoms with E-state index in [1.54, 1.807) is 24.3 Å². The Morgan fingerprint density at radius 1 is 1.19 bits per heavy atom. The molecule has 7 heteroatoms. The molecule has 27 heavy (non-hydrogen) atoms. The first-order valence-electron chi connectivity index (χ1n) is 9.17. The monoisotopic (exact) mass is 378 g/mol. The summed E-state index contributed by atoms with van der Waals surface area (Å²) < 4.78 is 16.2. The van der Waals surface area contributed by atoms with Crippen molar-refractivity contribution in [2.24, 2.45) is 5.92 Å². The second-order valence-electron chi connectivity index (χ2n) is 5.92. The zero-order chi connectivity index (χ0) is 19.7. The van der Waals surface area contributed by atoms with E-state index in [1.807, 2.05) is 6.08 Å². The number of nitrogens with one attached hydrogen (secondary N) is 2. The van der Waals surface area contributed by atoms with E-state index in [-0.39, 0.29) is 12.5 Å². The van der Waals surface area contributed by atoms with E-state index >= 15 is 0 Å². The van der Waals surface area contributed by atoms with Gasteiger partial charge in [-0.15, -0.1) is 0 Å². The van der Waals surface area contributed by atoms with E-state index in [1.165, 1.54) is 0 Å². The molecule has 150 valence electrons. The molecule has 0 aromatic heterocycles. The SMILES string of the molecule is CCC(C)/C=C/CNC(=O)COCCOCCOc1cccc(NC=O)c1. The third-order valence-electron chi connectivity index (χ3n) is 3.69. The number of benzene rings is 1. The molecule has 2 amide bonds. The van der Waals surface area contributed by atoms with Gasteiger partial charge in [0.05, 0.1) is 19.8 Å². The first kappa shape index (κ1) is 22.7. The average Bonchev–Trinajstić information content (AvgIpc) is 2.67. The Morgan fingerprint density at radius 2 is 1.96 bits per heavy atom. The predicted octanol–water partition coefficient (Wildman–Crippen LogP) is 2.39. The van der Waals surface area contributed by atoms with Crippen LogP contribution < -0.4 is 15.4 Å². The van der Waals surface area contributed by atoms with Crippen LogP contribution in [-0.4, -0.2) is 51.9 Å². The smallest absolute Gasteiger partial charge is 0.246 e. The van der Waals surface area contributed by atoms with E-state index in [2.05, 4.69) is 30.6 Å². The lowest BCUT2D eigenvalue weighted by Gasteiger charge is -2.09. The van der Waals surface area contributed by atoms with Gasteiger partial charge in [-0.25, -0.2) is 0 Å². The quantitative estimate of drug-likeness (QED) is 0.278. The third-order valence-corrected chi connectivity index (χ3v) is 3.69. The topological polar surface area (TPSA) is 85.9 Å². The molecule has 1 atom stereocenters. The summed E-state index contributed by atoms with van der Waals surface area (Å²) in [5.41, 5.74) is 0.672. The molecule has 0 bridgehead atoms. The van der Waals surface area contributed by atoms with Gasteiger partial charge in [-0.05, 0) is 18.1 Å². The van der Waals surface area contributed by atoms with Gasteiger partial charge in [0.2, 0.25) is 12.3 Å². The van der Waals surface area contributed by atoms with Crippen molar-refractivity contribution < 1.29 is 23.8 Å². The number of allylic oxidation sites excluding steroid dienone is 1. The van der Waals surface area contributed by atoms with E-state index in [4.69, 9.17) is 14.2 Å². The number of ether oxygens (including phenoxy) is 3. The van der Waals surface area contributed by atoms with Crippen LogP contribution in [0.3, 0.4) is 0 Å². The molecule has 1 aromatic rings. The first-order chi connectivity index (χ1) is 13.2. The highest BCUT2D eigenvalue weighted by Gasteiger charge is 2.00. The zero-order valence-corrected chi connectivity index (χ0v) is 16.1. The lowest BCUT2D eigenvalue weighted by molar-refractivity contribution is -0.126. The minimum absolute atomic E-state index is 0.0214. The number of anilines is 1. The molecule has 0 fully saturated rings. The summed E-state index contributed by atoms with van der Waals surface area (Å²) in [6, 6.07) is 7.10. The van der Waals surface area contributed by atoms with Gasteiger partial charge < -0.3 is 24.8 Å². The molecule has 0 spiro atoms. The predicted molar refractivity (Wildman–Crippen MR) is 105 cm³/mol. The second-order valence-corrected chi connectivity index (χ2v) is 5.92. The second kappa shape index (κ2) is 14.8. The summed E-state index contributed by atoms with van der Waals surface area (Å²) in [5, 5.41) is 5.33. The summed E-state index contributed by atoms with van der Waals surface area (Å²) in [7, 11) is 0. The van der Waals surface area contributed by atoms with Crippen molar-refractivity contribution >= 4 is 18.0 Å². The van der Waals surface area contributed by atoms with Crippen LogP contribution in [-0.2, 0) is 19.1 Å². The van der Waals surface area contributed by atoms with Crippen molar-refractivity contribution in [2.45, 2.75) is 20.3 Å². The fourth-order valence-electron chi connectivity index (χ4n) is 2.01. The van der Waals surface area contributed by atoms with Crippen LogP contribution in [0.15, 0.2) is 36.4 Å². The van der Waals surface area contributed by atoms with Gasteiger partial charge in [-0.2, -0.15) is 0 Å². The Morgan fingerprint density at radius 3 is 2.74 bits per heavy atom. The average molecular weight is 378 g/mol. The Bertz CT molecular complexity index is 577. The highest BCUT2D eigenvalue weighted by Crippen LogP contribution is 2.16. The van der Waals surface area contributed by atoms with E-state index in [0.717, 1.165) is 6.42 Å². The maximum Gasteiger partial charge on any atom is 0.246 e. The van der Waals surface area contributed by atoms with Crippen LogP contribution >= 0.6 is 0 Å². The van der Waals surface area contributed by atoms with Gasteiger partial charge in [0, 0.05) is 18.3 Å². The molecule has 2 N–H and O–H groups in total. The standard InChI is InChI=1S/C20H30N2O5/c1-3-17(2)6-5-9-21-20(24)15-26-11-10-25-12-13-27-19-8-4-7-18(14-19)22-16-23/h4-8,14,16-17H,3,9-13,15H2,1-2H3,(H,21,24)(H,22,23)/b6-5+. The molecule has 0 aliphatic heterocycles. The van der Waals surface area contributed by atoms with Crippen LogP contribution in [0.25, 0.3) is 0 Å². The molecule has 1 unspecified atom stereocenters. The molecule has 0 heterocycles. The number of carbonyl (C=O) groups is 2. The van der Waals surface area contributed by atoms with Gasteiger partial charge in [0.25, 0.3) is 0 Å². The minimum Gasteiger partial charge on any atom is -0.491 e. The molecular weight excluding hydrogens is 348 g/mol. The van der Waals surface area contributed by atoms with E-state index in [0.29, 0.717) is 56.7 Å². The van der Waals surface area contributed by atoms with Crippen molar-refractivity contribution in [3.63, 3.8) is 0 Å². The normalized spacial score (nSPS) is 11.9. The van der Waals surface area contributed by atoms with Crippen molar-refractivity contribution in [1.82, 2.24) is 5.32 Å². The Kier molecular flexibility index (Phi) is 12.4. The highest BCUT2D eigenvalue weighted by atomic mass is 16.5. The van der Waals surface area contributed by atoms with Crippen LogP contribution in [0.5, 0.6) is 5.75 Å². The summed E-state index contributed by atoms with van der Waals surface area (Å²) >= 11 is 0. The molecule has 0 saturated carbocycles. The third kappa shape index (κ3) is 11.8. The van der Waals surface area contributed by atoms with Crippen LogP contribution in [0.4, 0.5) is 5.69 Å². The fourth-order valence-corrected chi connectivity index (χ4v) is 2.01. The van der Waals surface area contributed by atoms with Crippen LogP contribution in [0, 0.1) is 5.92 Å². The number of hydrogen-bond acceptors (Lipinski definition) is 5. The number of rotatable bonds is 15. The molecular formula is C20H30N2O5. The summed E-state index contributed by atoms with van der Waals surface area (Å²) in [5.74, 6) is 1.04. The Labute approximate surface area is 161 Å². The molecule has 1 rings (SSSR count). The maximum atomic E-state index is 11.6. The number of carbonyl (C=O) groups excluding carboxylic acids is 2. The number of amides is 2. The summed E-state index contributed by atoms with van der Waals surface area (Å²) in [4.78, 5) is 22.0. The maximum absolute atomic E-state index is 11.6. The highest BCUT2D eigenvalue weighted by molar-refractivity contribution is 5.77. The van der Waals surface area contributed by atoms with Gasteiger partial charge in [-0.3, -0.25) is 9.59 Å². The molecule has 0 radical (unpaired) electrons. The van der Waals surface area contributed by atoms with Gasteiger partial charge in [-0.1, -0.05) is 38.5 Å². The molecule has 1 aromatic carbocycles. The zero-order valence-electron chi connectivity index (χ0n) is 16.1. The Hall–Kier alpha value is -2.38. The molecule has 0 saturated heterocycles. The van der Waals surface area contributed by atoms with Crippen molar-refractivity contribution in [3.8, 4) is 5.75 Å². The Balaban J connectivity index is 1.98.